The number of hydrogen-bond acceptors (Lipinski definition) is 4. The van der Waals surface area contributed by atoms with E-state index in [9.17, 15) is 18.3 Å². The Labute approximate surface area is 132 Å². The number of anilines is 1. The van der Waals surface area contributed by atoms with Crippen LogP contribution in [0.5, 0.6) is 5.75 Å². The number of nitrogens with one attached hydrogen (secondary N) is 1. The van der Waals surface area contributed by atoms with Gasteiger partial charge in [0, 0.05) is 0 Å². The minimum atomic E-state index is -4.06. The number of hydrogen-bond donors (Lipinski definition) is 3. The average Bonchev–Trinajstić information content (AvgIpc) is 2.42. The number of aromatic hydroxyl groups is 1. The number of phenols is 1. The maximum atomic E-state index is 12.4. The number of sulfonamides is 1. The Morgan fingerprint density at radius 2 is 1.86 bits per heavy atom. The van der Waals surface area contributed by atoms with E-state index in [-0.39, 0.29) is 26.9 Å². The molecule has 0 radical (unpaired) electrons. The molecule has 0 amide bonds. The van der Waals surface area contributed by atoms with Crippen LogP contribution in [0.1, 0.15) is 15.9 Å². The Bertz CT molecular complexity index is 848. The van der Waals surface area contributed by atoms with Gasteiger partial charge in [0.2, 0.25) is 0 Å². The first-order valence-electron chi connectivity index (χ1n) is 6.06. The van der Waals surface area contributed by atoms with Crippen molar-refractivity contribution in [3.05, 3.63) is 52.5 Å². The second kappa shape index (κ2) is 5.86. The fraction of sp³-hybridized carbons (Fsp3) is 0.0714. The van der Waals surface area contributed by atoms with E-state index in [2.05, 4.69) is 4.72 Å². The van der Waals surface area contributed by atoms with E-state index in [1.165, 1.54) is 30.3 Å². The number of carboxylic acids is 1. The number of aromatic carboxylic acids is 1. The van der Waals surface area contributed by atoms with Crippen LogP contribution in [-0.2, 0) is 10.0 Å². The van der Waals surface area contributed by atoms with Gasteiger partial charge in [0.25, 0.3) is 10.0 Å². The van der Waals surface area contributed by atoms with E-state index in [1.807, 2.05) is 0 Å². The van der Waals surface area contributed by atoms with Crippen molar-refractivity contribution in [1.82, 2.24) is 0 Å². The summed E-state index contributed by atoms with van der Waals surface area (Å²) in [5, 5.41) is 18.2. The lowest BCUT2D eigenvalue weighted by Crippen LogP contribution is -2.15. The number of carboxylic acid groups (broad SMARTS) is 1. The van der Waals surface area contributed by atoms with E-state index in [0.717, 1.165) is 6.07 Å². The molecule has 0 aliphatic rings. The molecule has 6 nitrogen and oxygen atoms in total. The normalized spacial score (nSPS) is 11.2. The monoisotopic (exact) mass is 341 g/mol. The summed E-state index contributed by atoms with van der Waals surface area (Å²) >= 11 is 5.86. The molecule has 0 spiro atoms. The molecule has 0 unspecified atom stereocenters. The summed E-state index contributed by atoms with van der Waals surface area (Å²) in [7, 11) is -4.06. The number of benzene rings is 2. The fourth-order valence-corrected chi connectivity index (χ4v) is 3.46. The van der Waals surface area contributed by atoms with Crippen LogP contribution in [0.15, 0.2) is 41.3 Å². The zero-order valence-electron chi connectivity index (χ0n) is 11.4. The Hall–Kier alpha value is -2.25. The zero-order valence-corrected chi connectivity index (χ0v) is 12.9. The molecule has 2 rings (SSSR count). The SMILES string of the molecule is Cc1cc(O)ccc1NS(=O)(=O)c1cc(C(=O)O)ccc1Cl. The van der Waals surface area contributed by atoms with Gasteiger partial charge in [-0.05, 0) is 48.9 Å². The fourth-order valence-electron chi connectivity index (χ4n) is 1.80. The lowest BCUT2D eigenvalue weighted by molar-refractivity contribution is 0.0696. The molecule has 0 atom stereocenters. The summed E-state index contributed by atoms with van der Waals surface area (Å²) in [5.41, 5.74) is 0.580. The van der Waals surface area contributed by atoms with Crippen LogP contribution in [0.2, 0.25) is 5.02 Å². The van der Waals surface area contributed by atoms with Gasteiger partial charge in [-0.2, -0.15) is 0 Å². The molecule has 0 heterocycles. The molecule has 8 heteroatoms. The second-order valence-corrected chi connectivity index (χ2v) is 6.61. The van der Waals surface area contributed by atoms with Gasteiger partial charge in [-0.25, -0.2) is 13.2 Å². The highest BCUT2D eigenvalue weighted by molar-refractivity contribution is 7.92. The molecular formula is C14H12ClNO5S. The van der Waals surface area contributed by atoms with Crippen LogP contribution in [-0.4, -0.2) is 24.6 Å². The molecule has 0 aliphatic carbocycles. The first kappa shape index (κ1) is 16.1. The molecule has 116 valence electrons. The van der Waals surface area contributed by atoms with Crippen LogP contribution in [0.3, 0.4) is 0 Å². The van der Waals surface area contributed by atoms with Gasteiger partial charge < -0.3 is 10.2 Å². The predicted molar refractivity (Wildman–Crippen MR) is 82.1 cm³/mol. The van der Waals surface area contributed by atoms with Crippen LogP contribution < -0.4 is 4.72 Å². The van der Waals surface area contributed by atoms with Gasteiger partial charge >= 0.3 is 5.97 Å². The minimum Gasteiger partial charge on any atom is -0.508 e. The molecule has 0 bridgehead atoms. The number of halogens is 1. The highest BCUT2D eigenvalue weighted by atomic mass is 35.5. The molecule has 0 saturated carbocycles. The highest BCUT2D eigenvalue weighted by Crippen LogP contribution is 2.27. The number of phenolic OH excluding ortho intramolecular Hbond substituents is 1. The summed E-state index contributed by atoms with van der Waals surface area (Å²) < 4.78 is 27.1. The highest BCUT2D eigenvalue weighted by Gasteiger charge is 2.21. The average molecular weight is 342 g/mol. The summed E-state index contributed by atoms with van der Waals surface area (Å²) in [6.45, 7) is 1.62. The van der Waals surface area contributed by atoms with Crippen molar-refractivity contribution >= 4 is 33.3 Å². The van der Waals surface area contributed by atoms with E-state index >= 15 is 0 Å². The molecule has 0 aromatic heterocycles. The third-order valence-corrected chi connectivity index (χ3v) is 4.77. The molecule has 0 aliphatic heterocycles. The van der Waals surface area contributed by atoms with Crippen LogP contribution in [0, 0.1) is 6.92 Å². The lowest BCUT2D eigenvalue weighted by atomic mass is 10.2. The molecular weight excluding hydrogens is 330 g/mol. The quantitative estimate of drug-likeness (QED) is 0.742. The predicted octanol–water partition coefficient (Wildman–Crippen LogP) is 2.85. The van der Waals surface area contributed by atoms with Crippen molar-refractivity contribution in [2.45, 2.75) is 11.8 Å². The molecule has 0 fully saturated rings. The summed E-state index contributed by atoms with van der Waals surface area (Å²) in [6.07, 6.45) is 0. The summed E-state index contributed by atoms with van der Waals surface area (Å²) in [4.78, 5) is 10.6. The number of aryl methyl sites for hydroxylation is 1. The Balaban J connectivity index is 2.46. The summed E-state index contributed by atoms with van der Waals surface area (Å²) in [6, 6.07) is 7.55. The maximum Gasteiger partial charge on any atom is 0.335 e. The van der Waals surface area contributed by atoms with Crippen molar-refractivity contribution in [3.8, 4) is 5.75 Å². The van der Waals surface area contributed by atoms with Gasteiger partial charge in [-0.3, -0.25) is 4.72 Å². The minimum absolute atomic E-state index is 0.00588. The standard InChI is InChI=1S/C14H12ClNO5S/c1-8-6-10(17)3-5-12(8)16-22(20,21)13-7-9(14(18)19)2-4-11(13)15/h2-7,16-17H,1H3,(H,18,19). The van der Waals surface area contributed by atoms with Gasteiger partial charge in [-0.15, -0.1) is 0 Å². The molecule has 2 aromatic carbocycles. The van der Waals surface area contributed by atoms with Crippen molar-refractivity contribution in [1.29, 1.82) is 0 Å². The third kappa shape index (κ3) is 3.32. The van der Waals surface area contributed by atoms with Crippen LogP contribution in [0.25, 0.3) is 0 Å². The van der Waals surface area contributed by atoms with Gasteiger partial charge in [0.05, 0.1) is 16.3 Å². The van der Waals surface area contributed by atoms with Crippen LogP contribution in [0.4, 0.5) is 5.69 Å². The summed E-state index contributed by atoms with van der Waals surface area (Å²) in [5.74, 6) is -1.25. The van der Waals surface area contributed by atoms with Gasteiger partial charge in [0.1, 0.15) is 10.6 Å². The Kier molecular flexibility index (Phi) is 4.30. The number of rotatable bonds is 4. The van der Waals surface area contributed by atoms with E-state index in [1.54, 1.807) is 6.92 Å². The molecule has 3 N–H and O–H groups in total. The van der Waals surface area contributed by atoms with Crippen molar-refractivity contribution < 1.29 is 23.4 Å². The zero-order chi connectivity index (χ0) is 16.5. The van der Waals surface area contributed by atoms with Crippen molar-refractivity contribution in [2.75, 3.05) is 4.72 Å². The first-order valence-corrected chi connectivity index (χ1v) is 7.92. The third-order valence-electron chi connectivity index (χ3n) is 2.92. The van der Waals surface area contributed by atoms with E-state index in [0.29, 0.717) is 5.56 Å². The first-order chi connectivity index (χ1) is 10.2. The maximum absolute atomic E-state index is 12.4. The van der Waals surface area contributed by atoms with Crippen LogP contribution >= 0.6 is 11.6 Å². The molecule has 0 saturated heterocycles. The van der Waals surface area contributed by atoms with Gasteiger partial charge in [0.15, 0.2) is 0 Å². The smallest absolute Gasteiger partial charge is 0.335 e. The number of carbonyl (C=O) groups is 1. The van der Waals surface area contributed by atoms with Crippen molar-refractivity contribution in [3.63, 3.8) is 0 Å². The van der Waals surface area contributed by atoms with Crippen molar-refractivity contribution in [2.24, 2.45) is 0 Å². The Morgan fingerprint density at radius 3 is 2.45 bits per heavy atom. The largest absolute Gasteiger partial charge is 0.508 e. The lowest BCUT2D eigenvalue weighted by Gasteiger charge is -2.12. The van der Waals surface area contributed by atoms with Gasteiger partial charge in [-0.1, -0.05) is 11.6 Å². The van der Waals surface area contributed by atoms with E-state index in [4.69, 9.17) is 16.7 Å². The molecule has 2 aromatic rings. The Morgan fingerprint density at radius 1 is 1.18 bits per heavy atom. The topological polar surface area (TPSA) is 104 Å². The second-order valence-electron chi connectivity index (χ2n) is 4.56. The molecule has 22 heavy (non-hydrogen) atoms. The van der Waals surface area contributed by atoms with E-state index < -0.39 is 16.0 Å².